The molecule has 1 aliphatic carbocycles. The van der Waals surface area contributed by atoms with E-state index in [2.05, 4.69) is 10.2 Å². The number of anilines is 2. The lowest BCUT2D eigenvalue weighted by molar-refractivity contribution is -0.112. The molecule has 2 fully saturated rings. The Labute approximate surface area is 121 Å². The van der Waals surface area contributed by atoms with Gasteiger partial charge in [-0.15, -0.1) is 0 Å². The Balaban J connectivity index is 1.57. The number of hydrogen-bond donors (Lipinski definition) is 1. The number of rotatable bonds is 2. The zero-order valence-corrected chi connectivity index (χ0v) is 11.6. The van der Waals surface area contributed by atoms with Gasteiger partial charge >= 0.3 is 0 Å². The molecule has 0 spiro atoms. The van der Waals surface area contributed by atoms with Crippen LogP contribution in [-0.4, -0.2) is 48.8 Å². The lowest BCUT2D eigenvalue weighted by Gasteiger charge is -2.36. The average Bonchev–Trinajstić information content (AvgIpc) is 3.29. The minimum absolute atomic E-state index is 0.137. The van der Waals surface area contributed by atoms with Crippen LogP contribution in [0.2, 0.25) is 0 Å². The zero-order valence-electron chi connectivity index (χ0n) is 11.6. The number of amides is 1. The number of carbonyl (C=O) groups excluding carboxylic acids is 2. The van der Waals surface area contributed by atoms with Crippen molar-refractivity contribution in [2.75, 3.05) is 36.4 Å². The van der Waals surface area contributed by atoms with E-state index in [9.17, 15) is 14.0 Å². The molecule has 1 saturated carbocycles. The van der Waals surface area contributed by atoms with E-state index in [-0.39, 0.29) is 5.56 Å². The molecule has 110 valence electrons. The number of hydrogen-bond acceptors (Lipinski definition) is 4. The molecule has 1 amide bonds. The molecule has 1 aromatic carbocycles. The number of Topliss-reactive ketones (excluding diaryl/α,β-unsaturated/α-hetero) is 1. The summed E-state index contributed by atoms with van der Waals surface area (Å²) in [6, 6.07) is 3.49. The first kappa shape index (κ1) is 12.8. The van der Waals surface area contributed by atoms with Crippen molar-refractivity contribution in [3.63, 3.8) is 0 Å². The highest BCUT2D eigenvalue weighted by atomic mass is 19.1. The molecule has 21 heavy (non-hydrogen) atoms. The van der Waals surface area contributed by atoms with Gasteiger partial charge in [-0.3, -0.25) is 14.5 Å². The van der Waals surface area contributed by atoms with Crippen molar-refractivity contribution in [2.24, 2.45) is 0 Å². The second kappa shape index (κ2) is 4.53. The molecule has 0 atom stereocenters. The molecule has 0 radical (unpaired) electrons. The summed E-state index contributed by atoms with van der Waals surface area (Å²) in [5, 5.41) is 2.50. The highest BCUT2D eigenvalue weighted by Gasteiger charge is 2.33. The Hall–Kier alpha value is -1.95. The molecule has 2 aliphatic heterocycles. The Morgan fingerprint density at radius 2 is 1.81 bits per heavy atom. The van der Waals surface area contributed by atoms with Gasteiger partial charge in [0.05, 0.1) is 16.9 Å². The van der Waals surface area contributed by atoms with Gasteiger partial charge in [0.1, 0.15) is 5.82 Å². The van der Waals surface area contributed by atoms with Crippen LogP contribution in [0.1, 0.15) is 23.2 Å². The second-order valence-corrected chi connectivity index (χ2v) is 5.89. The Bertz CT molecular complexity index is 634. The fourth-order valence-electron chi connectivity index (χ4n) is 3.16. The smallest absolute Gasteiger partial charge is 0.296 e. The number of carbonyl (C=O) groups is 2. The molecule has 2 heterocycles. The van der Waals surface area contributed by atoms with E-state index in [0.717, 1.165) is 32.2 Å². The number of nitrogens with zero attached hydrogens (tertiary/aromatic N) is 2. The van der Waals surface area contributed by atoms with Gasteiger partial charge in [0, 0.05) is 32.2 Å². The number of fused-ring (bicyclic) bond motifs is 1. The second-order valence-electron chi connectivity index (χ2n) is 5.89. The highest BCUT2D eigenvalue weighted by Crippen LogP contribution is 2.33. The number of ketones is 1. The molecule has 0 unspecified atom stereocenters. The summed E-state index contributed by atoms with van der Waals surface area (Å²) < 4.78 is 14.3. The van der Waals surface area contributed by atoms with Crippen molar-refractivity contribution in [3.05, 3.63) is 23.5 Å². The van der Waals surface area contributed by atoms with E-state index in [0.29, 0.717) is 11.4 Å². The predicted octanol–water partition coefficient (Wildman–Crippen LogP) is 1.24. The van der Waals surface area contributed by atoms with Gasteiger partial charge in [0.2, 0.25) is 0 Å². The molecule has 3 aliphatic rings. The van der Waals surface area contributed by atoms with Gasteiger partial charge in [-0.1, -0.05) is 0 Å². The molecule has 4 rings (SSSR count). The quantitative estimate of drug-likeness (QED) is 0.832. The maximum atomic E-state index is 14.3. The molecule has 0 bridgehead atoms. The Kier molecular flexibility index (Phi) is 2.75. The SMILES string of the molecule is O=C1Nc2cc(N3CCN(C4CC4)CC3)c(F)cc2C1=O. The third-order valence-electron chi connectivity index (χ3n) is 4.50. The molecule has 1 aromatic rings. The fourth-order valence-corrected chi connectivity index (χ4v) is 3.16. The number of nitrogens with one attached hydrogen (secondary N) is 1. The molecule has 1 saturated heterocycles. The Morgan fingerprint density at radius 1 is 1.10 bits per heavy atom. The first-order valence-corrected chi connectivity index (χ1v) is 7.32. The van der Waals surface area contributed by atoms with Gasteiger partial charge < -0.3 is 10.2 Å². The standard InChI is InChI=1S/C15H16FN3O2/c16-11-7-10-12(17-15(21)14(10)20)8-13(11)19-5-3-18(4-6-19)9-1-2-9/h7-9H,1-6H2,(H,17,20,21). The summed E-state index contributed by atoms with van der Waals surface area (Å²) in [6.07, 6.45) is 2.56. The van der Waals surface area contributed by atoms with Gasteiger partial charge in [-0.25, -0.2) is 4.39 Å². The van der Waals surface area contributed by atoms with Gasteiger partial charge in [-0.2, -0.15) is 0 Å². The van der Waals surface area contributed by atoms with Gasteiger partial charge in [0.15, 0.2) is 0 Å². The minimum atomic E-state index is -0.680. The minimum Gasteiger partial charge on any atom is -0.367 e. The summed E-state index contributed by atoms with van der Waals surface area (Å²) in [4.78, 5) is 27.4. The maximum Gasteiger partial charge on any atom is 0.296 e. The van der Waals surface area contributed by atoms with E-state index in [1.807, 2.05) is 4.90 Å². The lowest BCUT2D eigenvalue weighted by Crippen LogP contribution is -2.47. The predicted molar refractivity (Wildman–Crippen MR) is 76.2 cm³/mol. The van der Waals surface area contributed by atoms with Crippen molar-refractivity contribution < 1.29 is 14.0 Å². The topological polar surface area (TPSA) is 52.7 Å². The van der Waals surface area contributed by atoms with Crippen molar-refractivity contribution in [3.8, 4) is 0 Å². The largest absolute Gasteiger partial charge is 0.367 e. The number of benzene rings is 1. The van der Waals surface area contributed by atoms with Crippen LogP contribution in [0.5, 0.6) is 0 Å². The van der Waals surface area contributed by atoms with E-state index in [4.69, 9.17) is 0 Å². The average molecular weight is 289 g/mol. The van der Waals surface area contributed by atoms with Crippen molar-refractivity contribution in [1.29, 1.82) is 0 Å². The lowest BCUT2D eigenvalue weighted by atomic mass is 10.1. The van der Waals surface area contributed by atoms with Crippen LogP contribution in [0.25, 0.3) is 0 Å². The third kappa shape index (κ3) is 2.10. The van der Waals surface area contributed by atoms with Gasteiger partial charge in [0.25, 0.3) is 11.7 Å². The number of piperazine rings is 1. The zero-order chi connectivity index (χ0) is 14.6. The first-order chi connectivity index (χ1) is 10.1. The fraction of sp³-hybridized carbons (Fsp3) is 0.467. The summed E-state index contributed by atoms with van der Waals surface area (Å²) in [5.74, 6) is -1.77. The molecule has 1 N–H and O–H groups in total. The van der Waals surface area contributed by atoms with Crippen LogP contribution in [0, 0.1) is 5.82 Å². The van der Waals surface area contributed by atoms with Crippen LogP contribution >= 0.6 is 0 Å². The van der Waals surface area contributed by atoms with Crippen LogP contribution in [0.4, 0.5) is 15.8 Å². The van der Waals surface area contributed by atoms with Crippen molar-refractivity contribution in [2.45, 2.75) is 18.9 Å². The summed E-state index contributed by atoms with van der Waals surface area (Å²) in [5.41, 5.74) is 1.03. The molecule has 0 aromatic heterocycles. The van der Waals surface area contributed by atoms with Crippen LogP contribution in [-0.2, 0) is 4.79 Å². The van der Waals surface area contributed by atoms with E-state index < -0.39 is 17.5 Å². The number of halogens is 1. The normalized spacial score (nSPS) is 22.4. The van der Waals surface area contributed by atoms with E-state index in [1.165, 1.54) is 18.9 Å². The van der Waals surface area contributed by atoms with Crippen molar-refractivity contribution >= 4 is 23.1 Å². The van der Waals surface area contributed by atoms with E-state index in [1.54, 1.807) is 6.07 Å². The van der Waals surface area contributed by atoms with Crippen LogP contribution < -0.4 is 10.2 Å². The van der Waals surface area contributed by atoms with Gasteiger partial charge in [-0.05, 0) is 25.0 Å². The summed E-state index contributed by atoms with van der Waals surface area (Å²) in [6.45, 7) is 3.42. The summed E-state index contributed by atoms with van der Waals surface area (Å²) in [7, 11) is 0. The highest BCUT2D eigenvalue weighted by molar-refractivity contribution is 6.51. The molecule has 5 nitrogen and oxygen atoms in total. The van der Waals surface area contributed by atoms with Crippen LogP contribution in [0.3, 0.4) is 0 Å². The van der Waals surface area contributed by atoms with E-state index >= 15 is 0 Å². The monoisotopic (exact) mass is 289 g/mol. The maximum absolute atomic E-state index is 14.3. The summed E-state index contributed by atoms with van der Waals surface area (Å²) >= 11 is 0. The van der Waals surface area contributed by atoms with Crippen LogP contribution in [0.15, 0.2) is 12.1 Å². The molecular weight excluding hydrogens is 273 g/mol. The van der Waals surface area contributed by atoms with Crippen molar-refractivity contribution in [1.82, 2.24) is 4.90 Å². The third-order valence-corrected chi connectivity index (χ3v) is 4.50. The Morgan fingerprint density at radius 3 is 2.48 bits per heavy atom. The molecular formula is C15H16FN3O2. The molecule has 6 heteroatoms. The first-order valence-electron chi connectivity index (χ1n) is 7.32.